The van der Waals surface area contributed by atoms with Crippen LogP contribution >= 0.6 is 11.3 Å². The molecule has 26 heavy (non-hydrogen) atoms. The molecule has 0 amide bonds. The lowest BCUT2D eigenvalue weighted by Crippen LogP contribution is -2.02. The minimum Gasteiger partial charge on any atom is -0.494 e. The third-order valence-corrected chi connectivity index (χ3v) is 6.00. The Kier molecular flexibility index (Phi) is 4.64. The maximum atomic E-state index is 12.9. The van der Waals surface area contributed by atoms with E-state index in [0.717, 1.165) is 28.8 Å². The van der Waals surface area contributed by atoms with Gasteiger partial charge in [-0.05, 0) is 68.5 Å². The van der Waals surface area contributed by atoms with Gasteiger partial charge in [0.15, 0.2) is 0 Å². The van der Waals surface area contributed by atoms with Gasteiger partial charge in [0, 0.05) is 16.6 Å². The molecular formula is C21H22N2O2S. The van der Waals surface area contributed by atoms with Gasteiger partial charge in [-0.1, -0.05) is 6.42 Å². The fourth-order valence-corrected chi connectivity index (χ4v) is 4.56. The summed E-state index contributed by atoms with van der Waals surface area (Å²) in [5, 5.41) is 0.921. The van der Waals surface area contributed by atoms with Gasteiger partial charge in [0.2, 0.25) is 5.78 Å². The maximum absolute atomic E-state index is 12.9. The summed E-state index contributed by atoms with van der Waals surface area (Å²) in [5.41, 5.74) is 10.00. The summed E-state index contributed by atoms with van der Waals surface area (Å²) >= 11 is 1.40. The number of hydrogen-bond acceptors (Lipinski definition) is 5. The molecule has 0 unspecified atom stereocenters. The zero-order valence-electron chi connectivity index (χ0n) is 14.9. The number of nitrogens with zero attached hydrogens (tertiary/aromatic N) is 1. The average molecular weight is 366 g/mol. The van der Waals surface area contributed by atoms with E-state index in [1.54, 1.807) is 12.1 Å². The summed E-state index contributed by atoms with van der Waals surface area (Å²) in [5.74, 6) is 0.711. The largest absolute Gasteiger partial charge is 0.494 e. The number of hydrogen-bond donors (Lipinski definition) is 1. The topological polar surface area (TPSA) is 65.2 Å². The van der Waals surface area contributed by atoms with Crippen molar-refractivity contribution in [2.24, 2.45) is 0 Å². The van der Waals surface area contributed by atoms with Crippen molar-refractivity contribution in [2.75, 3.05) is 12.3 Å². The van der Waals surface area contributed by atoms with Gasteiger partial charge in [0.1, 0.15) is 15.5 Å². The first kappa shape index (κ1) is 17.0. The number of carbonyl (C=O) groups is 1. The number of benzene rings is 1. The Balaban J connectivity index is 1.72. The van der Waals surface area contributed by atoms with Gasteiger partial charge in [-0.2, -0.15) is 0 Å². The van der Waals surface area contributed by atoms with E-state index in [1.165, 1.54) is 41.9 Å². The molecule has 4 rings (SSSR count). The van der Waals surface area contributed by atoms with Crippen LogP contribution in [0.25, 0.3) is 10.2 Å². The van der Waals surface area contributed by atoms with E-state index < -0.39 is 0 Å². The molecule has 0 saturated carbocycles. The number of thiophene rings is 1. The van der Waals surface area contributed by atoms with Crippen LogP contribution < -0.4 is 10.5 Å². The maximum Gasteiger partial charge on any atom is 0.205 e. The summed E-state index contributed by atoms with van der Waals surface area (Å²) in [4.78, 5) is 19.2. The molecule has 3 aromatic rings. The number of aromatic nitrogens is 1. The van der Waals surface area contributed by atoms with E-state index in [1.807, 2.05) is 19.1 Å². The first-order valence-electron chi connectivity index (χ1n) is 9.15. The first-order chi connectivity index (χ1) is 12.7. The molecule has 2 heterocycles. The molecule has 0 atom stereocenters. The van der Waals surface area contributed by atoms with Crippen molar-refractivity contribution in [3.05, 3.63) is 52.0 Å². The van der Waals surface area contributed by atoms with Crippen LogP contribution in [0.3, 0.4) is 0 Å². The van der Waals surface area contributed by atoms with E-state index >= 15 is 0 Å². The number of nitrogens with two attached hydrogens (primary N) is 1. The molecule has 0 spiro atoms. The Labute approximate surface area is 157 Å². The van der Waals surface area contributed by atoms with E-state index in [2.05, 4.69) is 6.07 Å². The van der Waals surface area contributed by atoms with E-state index in [0.29, 0.717) is 22.7 Å². The number of anilines is 1. The smallest absolute Gasteiger partial charge is 0.205 e. The minimum atomic E-state index is -0.0521. The second kappa shape index (κ2) is 7.08. The van der Waals surface area contributed by atoms with Crippen LogP contribution in [0.15, 0.2) is 30.3 Å². The highest BCUT2D eigenvalue weighted by molar-refractivity contribution is 7.21. The van der Waals surface area contributed by atoms with Crippen molar-refractivity contribution in [1.82, 2.24) is 4.98 Å². The molecule has 1 aliphatic rings. The molecule has 2 aromatic heterocycles. The van der Waals surface area contributed by atoms with Crippen molar-refractivity contribution in [2.45, 2.75) is 39.0 Å². The van der Waals surface area contributed by atoms with Gasteiger partial charge in [0.05, 0.1) is 12.3 Å². The predicted molar refractivity (Wildman–Crippen MR) is 106 cm³/mol. The number of fused-ring (bicyclic) bond motifs is 2. The van der Waals surface area contributed by atoms with Crippen molar-refractivity contribution in [1.29, 1.82) is 0 Å². The summed E-state index contributed by atoms with van der Waals surface area (Å²) in [7, 11) is 0. The quantitative estimate of drug-likeness (QED) is 0.533. The molecule has 0 fully saturated rings. The number of pyridine rings is 1. The van der Waals surface area contributed by atoms with Crippen LogP contribution in [0.2, 0.25) is 0 Å². The molecule has 4 nitrogen and oxygen atoms in total. The molecule has 0 aliphatic heterocycles. The predicted octanol–water partition coefficient (Wildman–Crippen LogP) is 4.78. The second-order valence-corrected chi connectivity index (χ2v) is 7.64. The van der Waals surface area contributed by atoms with Crippen LogP contribution in [-0.2, 0) is 12.8 Å². The minimum absolute atomic E-state index is 0.0521. The molecule has 0 bridgehead atoms. The molecule has 0 saturated heterocycles. The Bertz CT molecular complexity index is 960. The van der Waals surface area contributed by atoms with Crippen molar-refractivity contribution >= 4 is 33.0 Å². The van der Waals surface area contributed by atoms with E-state index in [9.17, 15) is 4.79 Å². The highest BCUT2D eigenvalue weighted by Crippen LogP contribution is 2.36. The van der Waals surface area contributed by atoms with Gasteiger partial charge >= 0.3 is 0 Å². The molecular weight excluding hydrogens is 344 g/mol. The Morgan fingerprint density at radius 2 is 1.96 bits per heavy atom. The molecule has 0 radical (unpaired) electrons. The van der Waals surface area contributed by atoms with Crippen LogP contribution in [-0.4, -0.2) is 17.4 Å². The lowest BCUT2D eigenvalue weighted by atomic mass is 10.1. The number of carbonyl (C=O) groups excluding carboxylic acids is 1. The summed E-state index contributed by atoms with van der Waals surface area (Å²) in [6.45, 7) is 2.54. The van der Waals surface area contributed by atoms with Crippen LogP contribution in [0, 0.1) is 0 Å². The lowest BCUT2D eigenvalue weighted by molar-refractivity contribution is 0.104. The monoisotopic (exact) mass is 366 g/mol. The van der Waals surface area contributed by atoms with Gasteiger partial charge in [0.25, 0.3) is 0 Å². The van der Waals surface area contributed by atoms with Gasteiger partial charge in [-0.25, -0.2) is 4.98 Å². The Hall–Kier alpha value is -2.40. The zero-order valence-corrected chi connectivity index (χ0v) is 15.7. The van der Waals surface area contributed by atoms with Crippen LogP contribution in [0.4, 0.5) is 5.69 Å². The van der Waals surface area contributed by atoms with Crippen molar-refractivity contribution in [3.63, 3.8) is 0 Å². The lowest BCUT2D eigenvalue weighted by Gasteiger charge is -2.05. The molecule has 134 valence electrons. The highest BCUT2D eigenvalue weighted by Gasteiger charge is 2.21. The molecule has 1 aromatic carbocycles. The molecule has 5 heteroatoms. The number of rotatable bonds is 4. The number of ketones is 1. The van der Waals surface area contributed by atoms with Crippen LogP contribution in [0.5, 0.6) is 5.75 Å². The van der Waals surface area contributed by atoms with E-state index in [-0.39, 0.29) is 5.78 Å². The normalized spacial score (nSPS) is 14.0. The third kappa shape index (κ3) is 3.07. The third-order valence-electron chi connectivity index (χ3n) is 4.88. The van der Waals surface area contributed by atoms with Gasteiger partial charge in [-0.3, -0.25) is 4.79 Å². The SMILES string of the molecule is CCOc1ccc(C(=O)c2sc3nc4c(cc3c2N)CCCCC4)cc1. The number of ether oxygens (including phenoxy) is 1. The summed E-state index contributed by atoms with van der Waals surface area (Å²) in [6, 6.07) is 9.38. The van der Waals surface area contributed by atoms with Crippen LogP contribution in [0.1, 0.15) is 52.7 Å². The summed E-state index contributed by atoms with van der Waals surface area (Å²) < 4.78 is 5.44. The summed E-state index contributed by atoms with van der Waals surface area (Å²) in [6.07, 6.45) is 5.70. The molecule has 1 aliphatic carbocycles. The number of aryl methyl sites for hydroxylation is 2. The number of nitrogen functional groups attached to an aromatic ring is 1. The Morgan fingerprint density at radius 3 is 2.73 bits per heavy atom. The first-order valence-corrected chi connectivity index (χ1v) is 9.97. The molecule has 2 N–H and O–H groups in total. The van der Waals surface area contributed by atoms with Crippen molar-refractivity contribution < 1.29 is 9.53 Å². The fraction of sp³-hybridized carbons (Fsp3) is 0.333. The Morgan fingerprint density at radius 1 is 1.19 bits per heavy atom. The van der Waals surface area contributed by atoms with E-state index in [4.69, 9.17) is 15.5 Å². The standard InChI is InChI=1S/C21H22N2O2S/c1-2-25-15-10-8-13(9-11-15)19(24)20-18(22)16-12-14-6-4-3-5-7-17(14)23-21(16)26-20/h8-12H,2-7,22H2,1H3. The van der Waals surface area contributed by atoms with Gasteiger partial charge in [-0.15, -0.1) is 11.3 Å². The average Bonchev–Trinajstić information content (AvgIpc) is 2.82. The highest BCUT2D eigenvalue weighted by atomic mass is 32.1. The van der Waals surface area contributed by atoms with Gasteiger partial charge < -0.3 is 10.5 Å². The zero-order chi connectivity index (χ0) is 18.1. The van der Waals surface area contributed by atoms with Crippen molar-refractivity contribution in [3.8, 4) is 5.75 Å². The second-order valence-electron chi connectivity index (χ2n) is 6.64. The fourth-order valence-electron chi connectivity index (χ4n) is 3.51.